The van der Waals surface area contributed by atoms with Crippen molar-refractivity contribution in [3.05, 3.63) is 0 Å². The second-order valence-corrected chi connectivity index (χ2v) is 4.15. The molecule has 4 heteroatoms. The van der Waals surface area contributed by atoms with Crippen LogP contribution in [0.4, 0.5) is 0 Å². The molecule has 70 valence electrons. The van der Waals surface area contributed by atoms with E-state index in [0.717, 1.165) is 12.8 Å². The van der Waals surface area contributed by atoms with E-state index in [9.17, 15) is 10.2 Å². The van der Waals surface area contributed by atoms with Crippen molar-refractivity contribution in [3.63, 3.8) is 0 Å². The molecule has 1 saturated heterocycles. The Kier molecular flexibility index (Phi) is 1.70. The van der Waals surface area contributed by atoms with Crippen LogP contribution in [0.1, 0.15) is 19.8 Å². The van der Waals surface area contributed by atoms with Gasteiger partial charge in [0.1, 0.15) is 0 Å². The molecule has 0 unspecified atom stereocenters. The van der Waals surface area contributed by atoms with Crippen LogP contribution in [0.15, 0.2) is 0 Å². The highest BCUT2D eigenvalue weighted by Crippen LogP contribution is 2.39. The molecule has 1 saturated carbocycles. The Morgan fingerprint density at radius 3 is 2.25 bits per heavy atom. The van der Waals surface area contributed by atoms with Crippen molar-refractivity contribution >= 4 is 0 Å². The SMILES string of the molecule is C[C@@H]1N[C@@H](C2(N)CC2)[C@H](O)[C@@H]1O. The predicted octanol–water partition coefficient (Wildman–Crippen LogP) is -1.44. The molecule has 5 N–H and O–H groups in total. The third-order valence-electron chi connectivity index (χ3n) is 3.09. The molecule has 0 amide bonds. The van der Waals surface area contributed by atoms with Gasteiger partial charge in [-0.3, -0.25) is 0 Å². The first-order valence-electron chi connectivity index (χ1n) is 4.46. The Morgan fingerprint density at radius 1 is 1.33 bits per heavy atom. The molecule has 4 atom stereocenters. The van der Waals surface area contributed by atoms with E-state index in [2.05, 4.69) is 5.32 Å². The summed E-state index contributed by atoms with van der Waals surface area (Å²) in [6.07, 6.45) is 0.519. The zero-order valence-corrected chi connectivity index (χ0v) is 7.20. The summed E-state index contributed by atoms with van der Waals surface area (Å²) in [5.74, 6) is 0. The second kappa shape index (κ2) is 2.42. The first-order valence-corrected chi connectivity index (χ1v) is 4.46. The number of nitrogens with one attached hydrogen (secondary N) is 1. The smallest absolute Gasteiger partial charge is 0.0984 e. The highest BCUT2D eigenvalue weighted by molar-refractivity contribution is 5.15. The molecule has 12 heavy (non-hydrogen) atoms. The fourth-order valence-electron chi connectivity index (χ4n) is 1.93. The van der Waals surface area contributed by atoms with Crippen molar-refractivity contribution in [2.45, 2.75) is 49.6 Å². The van der Waals surface area contributed by atoms with Gasteiger partial charge in [0.2, 0.25) is 0 Å². The molecule has 1 heterocycles. The van der Waals surface area contributed by atoms with Gasteiger partial charge < -0.3 is 21.3 Å². The predicted molar refractivity (Wildman–Crippen MR) is 44.6 cm³/mol. The molecule has 0 aromatic heterocycles. The quantitative estimate of drug-likeness (QED) is 0.390. The summed E-state index contributed by atoms with van der Waals surface area (Å²) >= 11 is 0. The molecule has 4 nitrogen and oxygen atoms in total. The number of nitrogens with two attached hydrogens (primary N) is 1. The number of rotatable bonds is 1. The lowest BCUT2D eigenvalue weighted by Crippen LogP contribution is -2.50. The lowest BCUT2D eigenvalue weighted by atomic mass is 10.0. The first-order chi connectivity index (χ1) is 5.54. The fraction of sp³-hybridized carbons (Fsp3) is 1.00. The molecule has 0 bridgehead atoms. The largest absolute Gasteiger partial charge is 0.389 e. The Hall–Kier alpha value is -0.160. The zero-order valence-electron chi connectivity index (χ0n) is 7.20. The van der Waals surface area contributed by atoms with Crippen LogP contribution in [-0.2, 0) is 0 Å². The lowest BCUT2D eigenvalue weighted by Gasteiger charge is -2.22. The van der Waals surface area contributed by atoms with Crippen LogP contribution in [-0.4, -0.2) is 40.0 Å². The van der Waals surface area contributed by atoms with Crippen LogP contribution in [0.25, 0.3) is 0 Å². The maximum Gasteiger partial charge on any atom is 0.0984 e. The topological polar surface area (TPSA) is 78.5 Å². The average molecular weight is 172 g/mol. The molecular formula is C8H16N2O2. The van der Waals surface area contributed by atoms with E-state index in [4.69, 9.17) is 5.73 Å². The first kappa shape index (κ1) is 8.44. The highest BCUT2D eigenvalue weighted by Gasteiger charge is 2.54. The molecule has 1 aliphatic carbocycles. The maximum atomic E-state index is 9.61. The van der Waals surface area contributed by atoms with Crippen molar-refractivity contribution < 1.29 is 10.2 Å². The summed E-state index contributed by atoms with van der Waals surface area (Å²) in [7, 11) is 0. The Morgan fingerprint density at radius 2 is 1.92 bits per heavy atom. The van der Waals surface area contributed by atoms with Crippen molar-refractivity contribution in [1.82, 2.24) is 5.32 Å². The zero-order chi connectivity index (χ0) is 8.93. The van der Waals surface area contributed by atoms with Gasteiger partial charge in [-0.25, -0.2) is 0 Å². The van der Waals surface area contributed by atoms with E-state index in [0.29, 0.717) is 0 Å². The molecular weight excluding hydrogens is 156 g/mol. The number of aliphatic hydroxyl groups is 2. The molecule has 0 aromatic rings. The van der Waals surface area contributed by atoms with Crippen LogP contribution in [0.5, 0.6) is 0 Å². The second-order valence-electron chi connectivity index (χ2n) is 4.15. The molecule has 1 aliphatic heterocycles. The van der Waals surface area contributed by atoms with Crippen LogP contribution >= 0.6 is 0 Å². The summed E-state index contributed by atoms with van der Waals surface area (Å²) in [5, 5.41) is 22.2. The van der Waals surface area contributed by atoms with Gasteiger partial charge in [-0.15, -0.1) is 0 Å². The average Bonchev–Trinajstić information content (AvgIpc) is 2.71. The van der Waals surface area contributed by atoms with E-state index in [1.165, 1.54) is 0 Å². The highest BCUT2D eigenvalue weighted by atomic mass is 16.3. The minimum atomic E-state index is -0.701. The fourth-order valence-corrected chi connectivity index (χ4v) is 1.93. The van der Waals surface area contributed by atoms with Gasteiger partial charge in [-0.2, -0.15) is 0 Å². The number of hydrogen-bond donors (Lipinski definition) is 4. The van der Waals surface area contributed by atoms with E-state index in [-0.39, 0.29) is 17.6 Å². The summed E-state index contributed by atoms with van der Waals surface area (Å²) in [5.41, 5.74) is 5.67. The summed E-state index contributed by atoms with van der Waals surface area (Å²) < 4.78 is 0. The van der Waals surface area contributed by atoms with Crippen molar-refractivity contribution in [3.8, 4) is 0 Å². The van der Waals surface area contributed by atoms with Crippen molar-refractivity contribution in [2.75, 3.05) is 0 Å². The maximum absolute atomic E-state index is 9.61. The number of hydrogen-bond acceptors (Lipinski definition) is 4. The van der Waals surface area contributed by atoms with Gasteiger partial charge >= 0.3 is 0 Å². The van der Waals surface area contributed by atoms with Crippen molar-refractivity contribution in [2.24, 2.45) is 5.73 Å². The minimum absolute atomic E-state index is 0.0500. The molecule has 0 radical (unpaired) electrons. The van der Waals surface area contributed by atoms with Gasteiger partial charge in [-0.1, -0.05) is 0 Å². The molecule has 2 rings (SSSR count). The van der Waals surface area contributed by atoms with E-state index >= 15 is 0 Å². The van der Waals surface area contributed by atoms with Crippen LogP contribution in [0.2, 0.25) is 0 Å². The molecule has 2 aliphatic rings. The standard InChI is InChI=1S/C8H16N2O2/c1-4-5(11)6(12)7(10-4)8(9)2-3-8/h4-7,10-12H,2-3,9H2,1H3/t4-,5+,6+,7+/m0/s1. The third kappa shape index (κ3) is 1.07. The normalized spacial score (nSPS) is 51.0. The lowest BCUT2D eigenvalue weighted by molar-refractivity contribution is 0.0253. The van der Waals surface area contributed by atoms with Gasteiger partial charge in [0.25, 0.3) is 0 Å². The van der Waals surface area contributed by atoms with Gasteiger partial charge in [0.15, 0.2) is 0 Å². The van der Waals surface area contributed by atoms with Crippen LogP contribution in [0, 0.1) is 0 Å². The summed E-state index contributed by atoms with van der Waals surface area (Å²) in [6, 6.07) is -0.173. The van der Waals surface area contributed by atoms with Gasteiger partial charge in [0.05, 0.1) is 18.2 Å². The molecule has 0 spiro atoms. The van der Waals surface area contributed by atoms with Crippen molar-refractivity contribution in [1.29, 1.82) is 0 Å². The van der Waals surface area contributed by atoms with Crippen LogP contribution in [0.3, 0.4) is 0 Å². The van der Waals surface area contributed by atoms with E-state index < -0.39 is 12.2 Å². The van der Waals surface area contributed by atoms with E-state index in [1.54, 1.807) is 0 Å². The number of aliphatic hydroxyl groups excluding tert-OH is 2. The summed E-state index contributed by atoms with van der Waals surface area (Å²) in [4.78, 5) is 0. The minimum Gasteiger partial charge on any atom is -0.389 e. The van der Waals surface area contributed by atoms with Gasteiger partial charge in [-0.05, 0) is 19.8 Å². The van der Waals surface area contributed by atoms with Gasteiger partial charge in [0, 0.05) is 11.6 Å². The third-order valence-corrected chi connectivity index (χ3v) is 3.09. The Balaban J connectivity index is 2.09. The van der Waals surface area contributed by atoms with Crippen LogP contribution < -0.4 is 11.1 Å². The molecule has 0 aromatic carbocycles. The summed E-state index contributed by atoms with van der Waals surface area (Å²) in [6.45, 7) is 1.86. The molecule has 2 fully saturated rings. The Bertz CT molecular complexity index is 193. The Labute approximate surface area is 71.8 Å². The van der Waals surface area contributed by atoms with E-state index in [1.807, 2.05) is 6.92 Å². The monoisotopic (exact) mass is 172 g/mol.